The summed E-state index contributed by atoms with van der Waals surface area (Å²) in [6.45, 7) is 0. The van der Waals surface area contributed by atoms with Crippen LogP contribution in [-0.2, 0) is 24.7 Å². The van der Waals surface area contributed by atoms with Crippen LogP contribution in [0.3, 0.4) is 0 Å². The number of anilines is 4. The number of alkyl halides is 12. The molecule has 0 aliphatic carbocycles. The molecule has 5 aromatic rings. The molecule has 8 nitrogen and oxygen atoms in total. The number of hydrogen-bond acceptors (Lipinski definition) is 8. The zero-order chi connectivity index (χ0) is 44.0. The van der Waals surface area contributed by atoms with E-state index in [2.05, 4.69) is 10.6 Å². The van der Waals surface area contributed by atoms with E-state index in [0.29, 0.717) is 24.3 Å². The van der Waals surface area contributed by atoms with Gasteiger partial charge < -0.3 is 20.4 Å². The fourth-order valence-corrected chi connectivity index (χ4v) is 7.42. The summed E-state index contributed by atoms with van der Waals surface area (Å²) in [4.78, 5) is 2.28. The van der Waals surface area contributed by atoms with Gasteiger partial charge >= 0.3 is 24.7 Å². The molecule has 5 aromatic carbocycles. The first-order chi connectivity index (χ1) is 27.9. The highest BCUT2D eigenvalue weighted by Crippen LogP contribution is 2.55. The molecule has 2 aliphatic rings. The van der Waals surface area contributed by atoms with Crippen molar-refractivity contribution in [2.75, 3.05) is 34.5 Å². The van der Waals surface area contributed by atoms with Gasteiger partial charge in [0, 0.05) is 25.2 Å². The third kappa shape index (κ3) is 6.43. The molecule has 0 saturated carbocycles. The van der Waals surface area contributed by atoms with Crippen LogP contribution in [-0.4, -0.2) is 14.1 Å². The van der Waals surface area contributed by atoms with Crippen LogP contribution in [0.25, 0.3) is 43.8 Å². The fraction of sp³-hybridized carbons (Fsp3) is 0.150. The van der Waals surface area contributed by atoms with Crippen molar-refractivity contribution in [1.82, 2.24) is 0 Å². The zero-order valence-electron chi connectivity index (χ0n) is 30.0. The highest BCUT2D eigenvalue weighted by atomic mass is 19.4. The topological polar surface area (TPSA) is 126 Å². The van der Waals surface area contributed by atoms with E-state index in [1.54, 1.807) is 24.3 Å². The SMILES string of the molecule is CN1C(=C(C#N)C#N)Nc2cc3cc4c(-c5ccc(C(F)(F)F)cc5C(F)(F)F)c5c(cc4cc3c(-c3ccc(C(F)(F)F)cc3C(F)(F)F)c21)NC(=C(C#N)C#N)N5C. The maximum absolute atomic E-state index is 14.8. The van der Waals surface area contributed by atoms with Crippen LogP contribution in [0, 0.1) is 45.3 Å². The minimum atomic E-state index is -5.42. The van der Waals surface area contributed by atoms with E-state index < -0.39 is 69.2 Å². The molecule has 2 aliphatic heterocycles. The summed E-state index contributed by atoms with van der Waals surface area (Å²) < 4.78 is 172. The smallest absolute Gasteiger partial charge is 0.338 e. The first kappa shape index (κ1) is 40.6. The molecule has 0 atom stereocenters. The maximum atomic E-state index is 14.8. The Hall–Kier alpha value is -7.58. The van der Waals surface area contributed by atoms with E-state index in [0.717, 1.165) is 9.80 Å². The van der Waals surface area contributed by atoms with Crippen LogP contribution in [0.1, 0.15) is 22.3 Å². The molecule has 2 heterocycles. The summed E-state index contributed by atoms with van der Waals surface area (Å²) >= 11 is 0. The van der Waals surface area contributed by atoms with E-state index >= 15 is 0 Å². The number of rotatable bonds is 2. The second kappa shape index (κ2) is 13.5. The Morgan fingerprint density at radius 2 is 0.817 bits per heavy atom. The van der Waals surface area contributed by atoms with Gasteiger partial charge in [0.05, 0.1) is 45.0 Å². The molecule has 0 spiro atoms. The highest BCUT2D eigenvalue weighted by molar-refractivity contribution is 6.19. The predicted octanol–water partition coefficient (Wildman–Crippen LogP) is 11.6. The molecule has 0 fully saturated rings. The van der Waals surface area contributed by atoms with Crippen molar-refractivity contribution in [3.05, 3.63) is 106 Å². The van der Waals surface area contributed by atoms with E-state index in [1.807, 2.05) is 0 Å². The largest absolute Gasteiger partial charge is 0.417 e. The molecule has 0 bridgehead atoms. The molecule has 60 heavy (non-hydrogen) atoms. The zero-order valence-corrected chi connectivity index (χ0v) is 30.0. The summed E-state index contributed by atoms with van der Waals surface area (Å²) in [6, 6.07) is 13.4. The quantitative estimate of drug-likeness (QED) is 0.102. The first-order valence-electron chi connectivity index (χ1n) is 16.7. The lowest BCUT2D eigenvalue weighted by atomic mass is 9.86. The predicted molar refractivity (Wildman–Crippen MR) is 193 cm³/mol. The Kier molecular flexibility index (Phi) is 9.13. The number of halogens is 12. The molecule has 0 radical (unpaired) electrons. The second-order valence-corrected chi connectivity index (χ2v) is 13.4. The van der Waals surface area contributed by atoms with Gasteiger partial charge in [-0.15, -0.1) is 0 Å². The van der Waals surface area contributed by atoms with Crippen molar-refractivity contribution >= 4 is 44.3 Å². The molecule has 0 amide bonds. The second-order valence-electron chi connectivity index (χ2n) is 13.4. The van der Waals surface area contributed by atoms with Crippen LogP contribution >= 0.6 is 0 Å². The average molecular weight is 839 g/mol. The van der Waals surface area contributed by atoms with Gasteiger partial charge in [0.1, 0.15) is 35.9 Å². The minimum absolute atomic E-state index is 0.0670. The van der Waals surface area contributed by atoms with Gasteiger partial charge in [-0.25, -0.2) is 0 Å². The summed E-state index contributed by atoms with van der Waals surface area (Å²) in [5.74, 6) is -0.460. The van der Waals surface area contributed by atoms with Crippen molar-refractivity contribution in [2.45, 2.75) is 24.7 Å². The van der Waals surface area contributed by atoms with Crippen molar-refractivity contribution < 1.29 is 52.7 Å². The molecule has 2 N–H and O–H groups in total. The first-order valence-corrected chi connectivity index (χ1v) is 16.7. The van der Waals surface area contributed by atoms with Crippen LogP contribution in [0.15, 0.2) is 83.5 Å². The van der Waals surface area contributed by atoms with Gasteiger partial charge in [-0.1, -0.05) is 12.1 Å². The number of benzene rings is 5. The number of fused-ring (bicyclic) bond motifs is 4. The Morgan fingerprint density at radius 1 is 0.483 bits per heavy atom. The van der Waals surface area contributed by atoms with Gasteiger partial charge in [0.15, 0.2) is 11.1 Å². The Labute approximate surface area is 329 Å². The Balaban J connectivity index is 1.69. The van der Waals surface area contributed by atoms with E-state index in [4.69, 9.17) is 0 Å². The van der Waals surface area contributed by atoms with Crippen LogP contribution in [0.5, 0.6) is 0 Å². The maximum Gasteiger partial charge on any atom is 0.417 e. The third-order valence-electron chi connectivity index (χ3n) is 9.96. The summed E-state index contributed by atoms with van der Waals surface area (Å²) in [7, 11) is 2.53. The molecule has 0 unspecified atom stereocenters. The number of nitrogens with zero attached hydrogens (tertiary/aromatic N) is 6. The van der Waals surface area contributed by atoms with E-state index in [-0.39, 0.29) is 79.2 Å². The van der Waals surface area contributed by atoms with Gasteiger partial charge in [-0.3, -0.25) is 0 Å². The third-order valence-corrected chi connectivity index (χ3v) is 9.96. The van der Waals surface area contributed by atoms with Crippen molar-refractivity contribution in [3.8, 4) is 46.5 Å². The molecule has 20 heteroatoms. The summed E-state index contributed by atoms with van der Waals surface area (Å²) in [5.41, 5.74) is -10.7. The molecular formula is C40H18F12N8. The standard InChI is InChI=1S/C40H18F12N8/c1-59-33-29(57-35(59)19(13-53)14-54)9-17-8-26-18(7-25(17)31(33)23-5-3-21(37(41,42)43)11-27(23)39(47,48)49)10-30-34(60(2)36(58-30)20(15-55)16-56)32(26)24-6-4-22(38(44,45)46)12-28(24)40(50,51)52/h3-12,57-58H,1-2H3. The lowest BCUT2D eigenvalue weighted by Crippen LogP contribution is -2.17. The van der Waals surface area contributed by atoms with Crippen LogP contribution < -0.4 is 20.4 Å². The Bertz CT molecular complexity index is 2730. The fourth-order valence-electron chi connectivity index (χ4n) is 7.42. The van der Waals surface area contributed by atoms with Gasteiger partial charge in [-0.2, -0.15) is 73.7 Å². The van der Waals surface area contributed by atoms with Crippen molar-refractivity contribution in [1.29, 1.82) is 21.0 Å². The summed E-state index contributed by atoms with van der Waals surface area (Å²) in [6.07, 6.45) is -21.3. The van der Waals surface area contributed by atoms with Gasteiger partial charge in [-0.05, 0) is 81.2 Å². The van der Waals surface area contributed by atoms with Crippen LogP contribution in [0.4, 0.5) is 75.4 Å². The number of allylic oxidation sites excluding steroid dienone is 2. The molecule has 302 valence electrons. The van der Waals surface area contributed by atoms with Crippen LogP contribution in [0.2, 0.25) is 0 Å². The van der Waals surface area contributed by atoms with Gasteiger partial charge in [0.25, 0.3) is 0 Å². The number of nitriles is 4. The summed E-state index contributed by atoms with van der Waals surface area (Å²) in [5, 5.41) is 43.8. The monoisotopic (exact) mass is 838 g/mol. The molecular weight excluding hydrogens is 820 g/mol. The van der Waals surface area contributed by atoms with Crippen molar-refractivity contribution in [2.24, 2.45) is 0 Å². The van der Waals surface area contributed by atoms with Crippen molar-refractivity contribution in [3.63, 3.8) is 0 Å². The molecule has 7 rings (SSSR count). The van der Waals surface area contributed by atoms with E-state index in [9.17, 15) is 73.7 Å². The minimum Gasteiger partial charge on any atom is -0.338 e. The lowest BCUT2D eigenvalue weighted by molar-refractivity contribution is -0.144. The molecule has 0 saturated heterocycles. The number of nitrogens with one attached hydrogen (secondary N) is 2. The number of hydrogen-bond donors (Lipinski definition) is 2. The average Bonchev–Trinajstić information content (AvgIpc) is 3.66. The highest BCUT2D eigenvalue weighted by Gasteiger charge is 2.42. The lowest BCUT2D eigenvalue weighted by Gasteiger charge is -2.24. The van der Waals surface area contributed by atoms with Gasteiger partial charge in [0.2, 0.25) is 0 Å². The Morgan fingerprint density at radius 3 is 1.10 bits per heavy atom. The van der Waals surface area contributed by atoms with E-state index in [1.165, 1.54) is 38.4 Å². The molecule has 0 aromatic heterocycles. The normalized spacial score (nSPS) is 13.9.